The smallest absolute Gasteiger partial charge is 0.176 e. The van der Waals surface area contributed by atoms with Crippen LogP contribution >= 0.6 is 0 Å². The molecule has 1 heterocycles. The predicted octanol–water partition coefficient (Wildman–Crippen LogP) is 0.814. The van der Waals surface area contributed by atoms with E-state index in [0.29, 0.717) is 17.9 Å². The van der Waals surface area contributed by atoms with Crippen molar-refractivity contribution in [1.82, 2.24) is 5.16 Å². The van der Waals surface area contributed by atoms with E-state index in [-0.39, 0.29) is 6.61 Å². The van der Waals surface area contributed by atoms with Gasteiger partial charge in [-0.1, -0.05) is 11.2 Å². The Morgan fingerprint density at radius 3 is 3.14 bits per heavy atom. The highest BCUT2D eigenvalue weighted by molar-refractivity contribution is 5.98. The second-order valence-electron chi connectivity index (χ2n) is 2.90. The Morgan fingerprint density at radius 2 is 2.36 bits per heavy atom. The molecule has 0 atom stereocenters. The average molecular weight is 193 g/mol. The number of aromatic nitrogens is 1. The number of nitrogen functional groups attached to an aromatic ring is 1. The number of fused-ring (bicyclic) bond motifs is 1. The van der Waals surface area contributed by atoms with Gasteiger partial charge in [-0.15, -0.1) is 0 Å². The molecule has 14 heavy (non-hydrogen) atoms. The molecule has 2 rings (SSSR count). The molecule has 2 aromatic rings. The van der Waals surface area contributed by atoms with Crippen LogP contribution in [0.4, 0.5) is 11.5 Å². The highest BCUT2D eigenvalue weighted by Gasteiger charge is 2.08. The molecular weight excluding hydrogens is 182 g/mol. The van der Waals surface area contributed by atoms with E-state index in [4.69, 9.17) is 15.4 Å². The van der Waals surface area contributed by atoms with E-state index in [1.807, 2.05) is 12.1 Å². The Bertz CT molecular complexity index is 439. The molecule has 5 heteroatoms. The van der Waals surface area contributed by atoms with Crippen molar-refractivity contribution in [3.8, 4) is 0 Å². The number of nitrogens with zero attached hydrogens (tertiary/aromatic N) is 1. The fourth-order valence-corrected chi connectivity index (χ4v) is 1.35. The molecule has 0 amide bonds. The van der Waals surface area contributed by atoms with Crippen molar-refractivity contribution >= 4 is 22.5 Å². The lowest BCUT2D eigenvalue weighted by Gasteiger charge is -2.04. The summed E-state index contributed by atoms with van der Waals surface area (Å²) in [6.45, 7) is 0.547. The van der Waals surface area contributed by atoms with Gasteiger partial charge in [0, 0.05) is 12.2 Å². The van der Waals surface area contributed by atoms with Crippen LogP contribution < -0.4 is 11.1 Å². The van der Waals surface area contributed by atoms with E-state index in [0.717, 1.165) is 11.1 Å². The van der Waals surface area contributed by atoms with Gasteiger partial charge < -0.3 is 20.7 Å². The van der Waals surface area contributed by atoms with Crippen LogP contribution in [0.15, 0.2) is 22.7 Å². The number of benzene rings is 1. The van der Waals surface area contributed by atoms with Crippen LogP contribution in [-0.4, -0.2) is 23.4 Å². The Hall–Kier alpha value is -1.75. The number of nitrogens with one attached hydrogen (secondary N) is 1. The van der Waals surface area contributed by atoms with Gasteiger partial charge in [0.1, 0.15) is 0 Å². The third-order valence-electron chi connectivity index (χ3n) is 1.95. The lowest BCUT2D eigenvalue weighted by Crippen LogP contribution is -2.05. The normalized spacial score (nSPS) is 10.6. The van der Waals surface area contributed by atoms with Crippen molar-refractivity contribution < 1.29 is 9.63 Å². The minimum atomic E-state index is 0.0710. The molecule has 4 N–H and O–H groups in total. The van der Waals surface area contributed by atoms with Crippen molar-refractivity contribution in [3.63, 3.8) is 0 Å². The number of aliphatic hydroxyl groups is 1. The molecule has 0 spiro atoms. The molecule has 0 radical (unpaired) electrons. The van der Waals surface area contributed by atoms with Crippen molar-refractivity contribution in [3.05, 3.63) is 18.2 Å². The second kappa shape index (κ2) is 3.55. The molecular formula is C9H11N3O2. The summed E-state index contributed by atoms with van der Waals surface area (Å²) < 4.78 is 4.99. The van der Waals surface area contributed by atoms with Crippen LogP contribution in [0.3, 0.4) is 0 Å². The van der Waals surface area contributed by atoms with E-state index in [1.165, 1.54) is 0 Å². The number of aliphatic hydroxyl groups excluding tert-OH is 1. The lowest BCUT2D eigenvalue weighted by atomic mass is 10.2. The molecule has 1 aromatic carbocycles. The second-order valence-corrected chi connectivity index (χ2v) is 2.90. The zero-order chi connectivity index (χ0) is 9.97. The molecule has 0 unspecified atom stereocenters. The lowest BCUT2D eigenvalue weighted by molar-refractivity contribution is 0.311. The molecule has 1 aromatic heterocycles. The van der Waals surface area contributed by atoms with Crippen LogP contribution in [0.1, 0.15) is 0 Å². The van der Waals surface area contributed by atoms with Gasteiger partial charge in [-0.05, 0) is 12.1 Å². The van der Waals surface area contributed by atoms with E-state index < -0.39 is 0 Å². The quantitative estimate of drug-likeness (QED) is 0.671. The predicted molar refractivity (Wildman–Crippen MR) is 54.0 cm³/mol. The fourth-order valence-electron chi connectivity index (χ4n) is 1.35. The zero-order valence-corrected chi connectivity index (χ0v) is 7.53. The Morgan fingerprint density at radius 1 is 1.50 bits per heavy atom. The van der Waals surface area contributed by atoms with E-state index in [1.54, 1.807) is 6.07 Å². The SMILES string of the molecule is Nc1noc2cccc(NCCO)c12. The molecule has 0 saturated heterocycles. The van der Waals surface area contributed by atoms with Crippen molar-refractivity contribution in [1.29, 1.82) is 0 Å². The van der Waals surface area contributed by atoms with Crippen LogP contribution in [0, 0.1) is 0 Å². The summed E-state index contributed by atoms with van der Waals surface area (Å²) in [5, 5.41) is 16.2. The van der Waals surface area contributed by atoms with Gasteiger partial charge in [0.05, 0.1) is 12.0 Å². The summed E-state index contributed by atoms with van der Waals surface area (Å²) in [6, 6.07) is 5.50. The largest absolute Gasteiger partial charge is 0.395 e. The zero-order valence-electron chi connectivity index (χ0n) is 7.53. The van der Waals surface area contributed by atoms with Crippen LogP contribution in [0.5, 0.6) is 0 Å². The van der Waals surface area contributed by atoms with Crippen LogP contribution in [-0.2, 0) is 0 Å². The first-order valence-corrected chi connectivity index (χ1v) is 4.31. The highest BCUT2D eigenvalue weighted by Crippen LogP contribution is 2.27. The van der Waals surface area contributed by atoms with Crippen molar-refractivity contribution in [2.75, 3.05) is 24.2 Å². The minimum absolute atomic E-state index is 0.0710. The third-order valence-corrected chi connectivity index (χ3v) is 1.95. The fraction of sp³-hybridized carbons (Fsp3) is 0.222. The van der Waals surface area contributed by atoms with Gasteiger partial charge in [-0.25, -0.2) is 0 Å². The summed E-state index contributed by atoms with van der Waals surface area (Å²) in [7, 11) is 0. The number of hydrogen-bond acceptors (Lipinski definition) is 5. The van der Waals surface area contributed by atoms with E-state index in [9.17, 15) is 0 Å². The van der Waals surface area contributed by atoms with Crippen LogP contribution in [0.2, 0.25) is 0 Å². The molecule has 0 saturated carbocycles. The topological polar surface area (TPSA) is 84.3 Å². The summed E-state index contributed by atoms with van der Waals surface area (Å²) in [5.74, 6) is 0.362. The number of hydrogen-bond donors (Lipinski definition) is 3. The van der Waals surface area contributed by atoms with E-state index >= 15 is 0 Å². The minimum Gasteiger partial charge on any atom is -0.395 e. The van der Waals surface area contributed by atoms with Gasteiger partial charge in [0.2, 0.25) is 0 Å². The van der Waals surface area contributed by atoms with Gasteiger partial charge in [-0.3, -0.25) is 0 Å². The number of anilines is 2. The van der Waals surface area contributed by atoms with Gasteiger partial charge in [0.15, 0.2) is 11.4 Å². The molecule has 5 nitrogen and oxygen atoms in total. The maximum Gasteiger partial charge on any atom is 0.176 e. The Kier molecular flexibility index (Phi) is 2.24. The monoisotopic (exact) mass is 193 g/mol. The molecule has 0 aliphatic carbocycles. The molecule has 0 fully saturated rings. The van der Waals surface area contributed by atoms with E-state index in [2.05, 4.69) is 10.5 Å². The maximum absolute atomic E-state index is 8.69. The standard InChI is InChI=1S/C9H11N3O2/c10-9-8-6(11-4-5-13)2-1-3-7(8)14-12-9/h1-3,11,13H,4-5H2,(H2,10,12). The molecule has 0 aliphatic rings. The summed E-state index contributed by atoms with van der Waals surface area (Å²) in [4.78, 5) is 0. The molecule has 0 aliphatic heterocycles. The average Bonchev–Trinajstić information content (AvgIpc) is 2.58. The van der Waals surface area contributed by atoms with Gasteiger partial charge in [-0.2, -0.15) is 0 Å². The third kappa shape index (κ3) is 1.38. The first kappa shape index (κ1) is 8.83. The first-order chi connectivity index (χ1) is 6.83. The molecule has 74 valence electrons. The summed E-state index contributed by atoms with van der Waals surface area (Å²) in [5.41, 5.74) is 7.11. The molecule has 0 bridgehead atoms. The van der Waals surface area contributed by atoms with Crippen molar-refractivity contribution in [2.45, 2.75) is 0 Å². The highest BCUT2D eigenvalue weighted by atomic mass is 16.5. The Balaban J connectivity index is 2.46. The summed E-state index contributed by atoms with van der Waals surface area (Å²) in [6.07, 6.45) is 0. The number of rotatable bonds is 3. The van der Waals surface area contributed by atoms with Crippen LogP contribution in [0.25, 0.3) is 11.0 Å². The number of nitrogens with two attached hydrogens (primary N) is 1. The first-order valence-electron chi connectivity index (χ1n) is 4.31. The maximum atomic E-state index is 8.69. The Labute approximate surface area is 80.5 Å². The van der Waals surface area contributed by atoms with Gasteiger partial charge >= 0.3 is 0 Å². The van der Waals surface area contributed by atoms with Crippen molar-refractivity contribution in [2.24, 2.45) is 0 Å². The summed E-state index contributed by atoms with van der Waals surface area (Å²) >= 11 is 0. The van der Waals surface area contributed by atoms with Gasteiger partial charge in [0.25, 0.3) is 0 Å².